The molecule has 0 aliphatic carbocycles. The molecule has 1 heterocycles. The van der Waals surface area contributed by atoms with Crippen LogP contribution < -0.4 is 10.6 Å². The van der Waals surface area contributed by atoms with Crippen molar-refractivity contribution in [3.8, 4) is 0 Å². The molecule has 1 amide bonds. The quantitative estimate of drug-likeness (QED) is 0.433. The minimum absolute atomic E-state index is 0.233. The van der Waals surface area contributed by atoms with Crippen LogP contribution >= 0.6 is 0 Å². The lowest BCUT2D eigenvalue weighted by Crippen LogP contribution is -2.49. The number of amides is 1. The van der Waals surface area contributed by atoms with Crippen molar-refractivity contribution >= 4 is 11.9 Å². The van der Waals surface area contributed by atoms with Gasteiger partial charge in [0, 0.05) is 25.6 Å². The average Bonchev–Trinajstić information content (AvgIpc) is 2.01. The van der Waals surface area contributed by atoms with Crippen molar-refractivity contribution in [2.45, 2.75) is 6.92 Å². The molecule has 2 N–H and O–H groups in total. The molecule has 13 heavy (non-hydrogen) atoms. The number of carbonyl (C=O) groups is 2. The van der Waals surface area contributed by atoms with Gasteiger partial charge in [-0.15, -0.1) is 0 Å². The molecule has 0 aromatic heterocycles. The van der Waals surface area contributed by atoms with Crippen LogP contribution in [0.2, 0.25) is 0 Å². The van der Waals surface area contributed by atoms with Crippen molar-refractivity contribution < 1.29 is 14.3 Å². The standard InChI is InChI=1S/C8H14N2O3/c1-2-13-8(12)7(11)10-5-6-3-9-4-6/h6,9H,2-5H2,1H3,(H,10,11). The highest BCUT2D eigenvalue weighted by atomic mass is 16.5. The normalized spacial score (nSPS) is 16.1. The van der Waals surface area contributed by atoms with E-state index in [1.165, 1.54) is 0 Å². The van der Waals surface area contributed by atoms with Crippen molar-refractivity contribution in [2.75, 3.05) is 26.2 Å². The van der Waals surface area contributed by atoms with Crippen LogP contribution in [0, 0.1) is 5.92 Å². The summed E-state index contributed by atoms with van der Waals surface area (Å²) in [6.45, 7) is 4.26. The van der Waals surface area contributed by atoms with Crippen molar-refractivity contribution in [2.24, 2.45) is 5.92 Å². The Bertz CT molecular complexity index is 202. The van der Waals surface area contributed by atoms with E-state index in [4.69, 9.17) is 0 Å². The molecule has 5 heteroatoms. The van der Waals surface area contributed by atoms with Gasteiger partial charge in [-0.2, -0.15) is 0 Å². The summed E-state index contributed by atoms with van der Waals surface area (Å²) in [7, 11) is 0. The molecule has 0 spiro atoms. The van der Waals surface area contributed by atoms with E-state index in [9.17, 15) is 9.59 Å². The highest BCUT2D eigenvalue weighted by molar-refractivity contribution is 6.32. The molecule has 0 aromatic rings. The van der Waals surface area contributed by atoms with Gasteiger partial charge in [0.25, 0.3) is 0 Å². The molecule has 74 valence electrons. The highest BCUT2D eigenvalue weighted by Crippen LogP contribution is 1.99. The average molecular weight is 186 g/mol. The minimum atomic E-state index is -0.796. The van der Waals surface area contributed by atoms with Crippen LogP contribution in [0.1, 0.15) is 6.92 Å². The Hall–Kier alpha value is -1.10. The first-order chi connectivity index (χ1) is 6.24. The Kier molecular flexibility index (Phi) is 3.70. The molecule has 0 bridgehead atoms. The largest absolute Gasteiger partial charge is 0.459 e. The lowest BCUT2D eigenvalue weighted by molar-refractivity contribution is -0.154. The third kappa shape index (κ3) is 3.02. The molecular weight excluding hydrogens is 172 g/mol. The molecule has 0 atom stereocenters. The van der Waals surface area contributed by atoms with Crippen molar-refractivity contribution in [1.29, 1.82) is 0 Å². The third-order valence-electron chi connectivity index (χ3n) is 1.88. The fourth-order valence-corrected chi connectivity index (χ4v) is 0.999. The molecular formula is C8H14N2O3. The molecule has 1 aliphatic heterocycles. The number of nitrogens with one attached hydrogen (secondary N) is 2. The molecule has 0 aromatic carbocycles. The van der Waals surface area contributed by atoms with Crippen LogP contribution in [0.15, 0.2) is 0 Å². The van der Waals surface area contributed by atoms with Gasteiger partial charge in [-0.3, -0.25) is 4.79 Å². The molecule has 1 rings (SSSR count). The molecule has 1 aliphatic rings. The van der Waals surface area contributed by atoms with E-state index in [1.54, 1.807) is 6.92 Å². The summed E-state index contributed by atoms with van der Waals surface area (Å²) in [6.07, 6.45) is 0. The van der Waals surface area contributed by atoms with Crippen LogP contribution in [0.3, 0.4) is 0 Å². The summed E-state index contributed by atoms with van der Waals surface area (Å²) in [4.78, 5) is 21.8. The maximum atomic E-state index is 11.0. The van der Waals surface area contributed by atoms with E-state index in [0.29, 0.717) is 12.5 Å². The number of carbonyl (C=O) groups excluding carboxylic acids is 2. The van der Waals surface area contributed by atoms with Gasteiger partial charge >= 0.3 is 11.9 Å². The maximum Gasteiger partial charge on any atom is 0.396 e. The highest BCUT2D eigenvalue weighted by Gasteiger charge is 2.20. The van der Waals surface area contributed by atoms with Crippen molar-refractivity contribution in [1.82, 2.24) is 10.6 Å². The zero-order chi connectivity index (χ0) is 9.68. The smallest absolute Gasteiger partial charge is 0.396 e. The van der Waals surface area contributed by atoms with Crippen LogP contribution in [0.5, 0.6) is 0 Å². The zero-order valence-corrected chi connectivity index (χ0v) is 7.63. The monoisotopic (exact) mass is 186 g/mol. The number of hydrogen-bond donors (Lipinski definition) is 2. The number of ether oxygens (including phenoxy) is 1. The summed E-state index contributed by atoms with van der Waals surface area (Å²) in [6, 6.07) is 0. The van der Waals surface area contributed by atoms with Gasteiger partial charge in [0.2, 0.25) is 0 Å². The maximum absolute atomic E-state index is 11.0. The SMILES string of the molecule is CCOC(=O)C(=O)NCC1CNC1. The second kappa shape index (κ2) is 4.81. The van der Waals surface area contributed by atoms with E-state index >= 15 is 0 Å². The molecule has 0 saturated carbocycles. The van der Waals surface area contributed by atoms with Crippen LogP contribution in [0.4, 0.5) is 0 Å². The minimum Gasteiger partial charge on any atom is -0.459 e. The van der Waals surface area contributed by atoms with E-state index in [0.717, 1.165) is 13.1 Å². The van der Waals surface area contributed by atoms with E-state index in [-0.39, 0.29) is 6.61 Å². The Morgan fingerprint density at radius 1 is 1.54 bits per heavy atom. The Balaban J connectivity index is 2.12. The number of esters is 1. The summed E-state index contributed by atoms with van der Waals surface area (Å²) < 4.78 is 4.52. The topological polar surface area (TPSA) is 67.4 Å². The lowest BCUT2D eigenvalue weighted by Gasteiger charge is -2.26. The van der Waals surface area contributed by atoms with E-state index < -0.39 is 11.9 Å². The first-order valence-electron chi connectivity index (χ1n) is 4.39. The van der Waals surface area contributed by atoms with Gasteiger partial charge in [-0.1, -0.05) is 0 Å². The first kappa shape index (κ1) is 9.98. The molecule has 5 nitrogen and oxygen atoms in total. The lowest BCUT2D eigenvalue weighted by atomic mass is 10.0. The Morgan fingerprint density at radius 2 is 2.23 bits per heavy atom. The van der Waals surface area contributed by atoms with Crippen LogP contribution in [-0.4, -0.2) is 38.1 Å². The van der Waals surface area contributed by atoms with Crippen LogP contribution in [0.25, 0.3) is 0 Å². The second-order valence-corrected chi connectivity index (χ2v) is 2.95. The fraction of sp³-hybridized carbons (Fsp3) is 0.750. The summed E-state index contributed by atoms with van der Waals surface area (Å²) in [5, 5.41) is 5.59. The third-order valence-corrected chi connectivity index (χ3v) is 1.88. The predicted molar refractivity (Wildman–Crippen MR) is 46.0 cm³/mol. The Labute approximate surface area is 76.8 Å². The molecule has 1 saturated heterocycles. The van der Waals surface area contributed by atoms with Gasteiger partial charge in [-0.25, -0.2) is 4.79 Å². The molecule has 0 unspecified atom stereocenters. The number of rotatable bonds is 3. The van der Waals surface area contributed by atoms with Gasteiger partial charge in [0.15, 0.2) is 0 Å². The van der Waals surface area contributed by atoms with Gasteiger partial charge in [0.05, 0.1) is 6.61 Å². The van der Waals surface area contributed by atoms with Crippen molar-refractivity contribution in [3.63, 3.8) is 0 Å². The predicted octanol–water partition coefficient (Wildman–Crippen LogP) is -1.11. The van der Waals surface area contributed by atoms with Gasteiger partial charge in [-0.05, 0) is 6.92 Å². The van der Waals surface area contributed by atoms with Crippen LogP contribution in [-0.2, 0) is 14.3 Å². The van der Waals surface area contributed by atoms with E-state index in [2.05, 4.69) is 15.4 Å². The number of hydrogen-bond acceptors (Lipinski definition) is 4. The summed E-state index contributed by atoms with van der Waals surface area (Å²) in [5.74, 6) is -0.984. The second-order valence-electron chi connectivity index (χ2n) is 2.95. The van der Waals surface area contributed by atoms with E-state index in [1.807, 2.05) is 0 Å². The zero-order valence-electron chi connectivity index (χ0n) is 7.63. The summed E-state index contributed by atoms with van der Waals surface area (Å²) >= 11 is 0. The summed E-state index contributed by atoms with van der Waals surface area (Å²) in [5.41, 5.74) is 0. The molecule has 1 fully saturated rings. The molecule has 0 radical (unpaired) electrons. The van der Waals surface area contributed by atoms with Crippen molar-refractivity contribution in [3.05, 3.63) is 0 Å². The fourth-order valence-electron chi connectivity index (χ4n) is 0.999. The van der Waals surface area contributed by atoms with Gasteiger partial charge in [0.1, 0.15) is 0 Å². The Morgan fingerprint density at radius 3 is 2.69 bits per heavy atom. The first-order valence-corrected chi connectivity index (χ1v) is 4.39. The van der Waals surface area contributed by atoms with Gasteiger partial charge < -0.3 is 15.4 Å².